The van der Waals surface area contributed by atoms with Gasteiger partial charge >= 0.3 is 0 Å². The fourth-order valence-electron chi connectivity index (χ4n) is 0.884. The Hall–Kier alpha value is -0.960. The first-order valence-corrected chi connectivity index (χ1v) is 4.80. The monoisotopic (exact) mass is 194 g/mol. The normalized spacial score (nSPS) is 10.1. The molecule has 0 atom stereocenters. The van der Waals surface area contributed by atoms with E-state index in [2.05, 4.69) is 24.1 Å². The first-order valence-electron chi connectivity index (χ1n) is 4.39. The molecule has 3 heteroatoms. The molecular formula is C10H14N2S. The minimum atomic E-state index is 0.599. The average molecular weight is 194 g/mol. The van der Waals surface area contributed by atoms with E-state index in [4.69, 9.17) is 12.2 Å². The number of nitrogens with zero attached hydrogens (tertiary/aromatic N) is 1. The maximum Gasteiger partial charge on any atom is 0.125 e. The van der Waals surface area contributed by atoms with Crippen LogP contribution in [0.2, 0.25) is 0 Å². The zero-order valence-corrected chi connectivity index (χ0v) is 8.77. The highest BCUT2D eigenvalue weighted by molar-refractivity contribution is 7.80. The van der Waals surface area contributed by atoms with Gasteiger partial charge in [0.2, 0.25) is 0 Å². The smallest absolute Gasteiger partial charge is 0.125 e. The molecule has 0 aromatic carbocycles. The second-order valence-electron chi connectivity index (χ2n) is 3.32. The molecular weight excluding hydrogens is 180 g/mol. The van der Waals surface area contributed by atoms with Gasteiger partial charge in [-0.15, -0.1) is 0 Å². The van der Waals surface area contributed by atoms with Crippen molar-refractivity contribution in [1.29, 1.82) is 0 Å². The van der Waals surface area contributed by atoms with Gasteiger partial charge in [0.25, 0.3) is 0 Å². The molecule has 0 radical (unpaired) electrons. The lowest BCUT2D eigenvalue weighted by Crippen LogP contribution is -2.26. The predicted octanol–water partition coefficient (Wildman–Crippen LogP) is 2.00. The lowest BCUT2D eigenvalue weighted by Gasteiger charge is -2.08. The first kappa shape index (κ1) is 10.1. The molecule has 0 aliphatic rings. The molecule has 13 heavy (non-hydrogen) atoms. The zero-order chi connectivity index (χ0) is 9.68. The van der Waals surface area contributed by atoms with Gasteiger partial charge in [-0.1, -0.05) is 32.1 Å². The molecule has 1 heterocycles. The maximum absolute atomic E-state index is 5.17. The van der Waals surface area contributed by atoms with E-state index in [-0.39, 0.29) is 0 Å². The van der Waals surface area contributed by atoms with Crippen LogP contribution >= 0.6 is 12.2 Å². The average Bonchev–Trinajstić information content (AvgIpc) is 2.15. The summed E-state index contributed by atoms with van der Waals surface area (Å²) in [6, 6.07) is 5.73. The Morgan fingerprint density at radius 1 is 1.54 bits per heavy atom. The summed E-state index contributed by atoms with van der Waals surface area (Å²) in [6.07, 6.45) is 1.75. The number of rotatable bonds is 3. The van der Waals surface area contributed by atoms with Gasteiger partial charge in [0, 0.05) is 12.7 Å². The summed E-state index contributed by atoms with van der Waals surface area (Å²) in [5.74, 6) is 0.599. The SMILES string of the molecule is CC(C)CNC(=S)c1ccccn1. The number of pyridine rings is 1. The van der Waals surface area contributed by atoms with Crippen LogP contribution < -0.4 is 5.32 Å². The van der Waals surface area contributed by atoms with E-state index in [0.29, 0.717) is 5.92 Å². The summed E-state index contributed by atoms with van der Waals surface area (Å²) in [4.78, 5) is 4.88. The van der Waals surface area contributed by atoms with Gasteiger partial charge in [0.15, 0.2) is 0 Å². The van der Waals surface area contributed by atoms with Crippen LogP contribution in [0.15, 0.2) is 24.4 Å². The summed E-state index contributed by atoms with van der Waals surface area (Å²) in [6.45, 7) is 5.19. The maximum atomic E-state index is 5.17. The highest BCUT2D eigenvalue weighted by Gasteiger charge is 2.01. The summed E-state index contributed by atoms with van der Waals surface area (Å²) >= 11 is 5.17. The fourth-order valence-corrected chi connectivity index (χ4v) is 1.09. The van der Waals surface area contributed by atoms with E-state index in [0.717, 1.165) is 17.2 Å². The van der Waals surface area contributed by atoms with Crippen molar-refractivity contribution in [2.24, 2.45) is 5.92 Å². The van der Waals surface area contributed by atoms with Crippen LogP contribution in [-0.4, -0.2) is 16.5 Å². The van der Waals surface area contributed by atoms with Crippen molar-refractivity contribution in [1.82, 2.24) is 10.3 Å². The van der Waals surface area contributed by atoms with E-state index in [1.807, 2.05) is 18.2 Å². The Bertz CT molecular complexity index is 270. The Balaban J connectivity index is 2.50. The van der Waals surface area contributed by atoms with Gasteiger partial charge in [-0.25, -0.2) is 0 Å². The molecule has 0 fully saturated rings. The Labute approximate surface area is 84.4 Å². The van der Waals surface area contributed by atoms with E-state index in [9.17, 15) is 0 Å². The van der Waals surface area contributed by atoms with Crippen LogP contribution in [0.25, 0.3) is 0 Å². The van der Waals surface area contributed by atoms with Crippen LogP contribution in [0.4, 0.5) is 0 Å². The predicted molar refractivity (Wildman–Crippen MR) is 58.8 cm³/mol. The molecule has 0 aliphatic heterocycles. The van der Waals surface area contributed by atoms with Gasteiger partial charge in [-0.2, -0.15) is 0 Å². The fraction of sp³-hybridized carbons (Fsp3) is 0.400. The quantitative estimate of drug-likeness (QED) is 0.745. The number of nitrogens with one attached hydrogen (secondary N) is 1. The van der Waals surface area contributed by atoms with Crippen LogP contribution in [0.5, 0.6) is 0 Å². The third-order valence-electron chi connectivity index (χ3n) is 1.57. The first-order chi connectivity index (χ1) is 6.20. The van der Waals surface area contributed by atoms with E-state index < -0.39 is 0 Å². The number of thiocarbonyl (C=S) groups is 1. The van der Waals surface area contributed by atoms with Crippen molar-refractivity contribution in [3.05, 3.63) is 30.1 Å². The molecule has 0 amide bonds. The van der Waals surface area contributed by atoms with Crippen molar-refractivity contribution < 1.29 is 0 Å². The molecule has 1 aromatic rings. The van der Waals surface area contributed by atoms with E-state index in [1.54, 1.807) is 6.20 Å². The second kappa shape index (κ2) is 4.92. The van der Waals surface area contributed by atoms with Crippen molar-refractivity contribution in [3.8, 4) is 0 Å². The number of hydrogen-bond donors (Lipinski definition) is 1. The molecule has 2 nitrogen and oxygen atoms in total. The Kier molecular flexibility index (Phi) is 3.83. The number of aromatic nitrogens is 1. The van der Waals surface area contributed by atoms with Gasteiger partial charge in [-0.05, 0) is 18.1 Å². The largest absolute Gasteiger partial charge is 0.374 e. The molecule has 0 spiro atoms. The summed E-state index contributed by atoms with van der Waals surface area (Å²) in [5.41, 5.74) is 0.846. The molecule has 70 valence electrons. The van der Waals surface area contributed by atoms with Crippen LogP contribution in [0, 0.1) is 5.92 Å². The minimum absolute atomic E-state index is 0.599. The van der Waals surface area contributed by atoms with Crippen molar-refractivity contribution >= 4 is 17.2 Å². The zero-order valence-electron chi connectivity index (χ0n) is 7.95. The van der Waals surface area contributed by atoms with Gasteiger partial charge in [0.05, 0.1) is 5.69 Å². The van der Waals surface area contributed by atoms with Crippen molar-refractivity contribution in [3.63, 3.8) is 0 Å². The highest BCUT2D eigenvalue weighted by atomic mass is 32.1. The molecule has 1 N–H and O–H groups in total. The Morgan fingerprint density at radius 3 is 2.85 bits per heavy atom. The van der Waals surface area contributed by atoms with Crippen molar-refractivity contribution in [2.45, 2.75) is 13.8 Å². The van der Waals surface area contributed by atoms with E-state index in [1.165, 1.54) is 0 Å². The van der Waals surface area contributed by atoms with Crippen LogP contribution in [0.3, 0.4) is 0 Å². The van der Waals surface area contributed by atoms with Crippen LogP contribution in [-0.2, 0) is 0 Å². The summed E-state index contributed by atoms with van der Waals surface area (Å²) in [7, 11) is 0. The van der Waals surface area contributed by atoms with Gasteiger partial charge < -0.3 is 5.32 Å². The van der Waals surface area contributed by atoms with Gasteiger partial charge in [-0.3, -0.25) is 4.98 Å². The lowest BCUT2D eigenvalue weighted by atomic mass is 10.2. The van der Waals surface area contributed by atoms with Crippen molar-refractivity contribution in [2.75, 3.05) is 6.54 Å². The minimum Gasteiger partial charge on any atom is -0.374 e. The molecule has 0 unspecified atom stereocenters. The highest BCUT2D eigenvalue weighted by Crippen LogP contribution is 1.95. The second-order valence-corrected chi connectivity index (χ2v) is 3.73. The van der Waals surface area contributed by atoms with Gasteiger partial charge in [0.1, 0.15) is 4.99 Å². The standard InChI is InChI=1S/C10H14N2S/c1-8(2)7-12-10(13)9-5-3-4-6-11-9/h3-6,8H,7H2,1-2H3,(H,12,13). The molecule has 0 saturated heterocycles. The molecule has 0 bridgehead atoms. The Morgan fingerprint density at radius 2 is 2.31 bits per heavy atom. The molecule has 0 aliphatic carbocycles. The molecule has 1 rings (SSSR count). The van der Waals surface area contributed by atoms with Crippen LogP contribution in [0.1, 0.15) is 19.5 Å². The topological polar surface area (TPSA) is 24.9 Å². The third kappa shape index (κ3) is 3.51. The van der Waals surface area contributed by atoms with E-state index >= 15 is 0 Å². The summed E-state index contributed by atoms with van der Waals surface area (Å²) in [5, 5.41) is 3.17. The molecule has 1 aromatic heterocycles. The summed E-state index contributed by atoms with van der Waals surface area (Å²) < 4.78 is 0. The third-order valence-corrected chi connectivity index (χ3v) is 1.92. The molecule has 0 saturated carbocycles. The lowest BCUT2D eigenvalue weighted by molar-refractivity contribution is 0.627. The number of hydrogen-bond acceptors (Lipinski definition) is 2.